The predicted molar refractivity (Wildman–Crippen MR) is 68.4 cm³/mol. The molecule has 0 spiro atoms. The highest BCUT2D eigenvalue weighted by molar-refractivity contribution is 5.89. The molecule has 104 valence electrons. The summed E-state index contributed by atoms with van der Waals surface area (Å²) in [6, 6.07) is 4.66. The van der Waals surface area contributed by atoms with Gasteiger partial charge in [0.1, 0.15) is 0 Å². The lowest BCUT2D eigenvalue weighted by atomic mass is 9.45. The second kappa shape index (κ2) is 3.82. The van der Waals surface area contributed by atoms with Crippen molar-refractivity contribution in [3.8, 4) is 12.1 Å². The number of hydrogen-bond acceptors (Lipinski definition) is 5. The third-order valence-corrected chi connectivity index (χ3v) is 5.27. The summed E-state index contributed by atoms with van der Waals surface area (Å²) >= 11 is 0. The van der Waals surface area contributed by atoms with Gasteiger partial charge in [-0.15, -0.1) is 0 Å². The quantitative estimate of drug-likeness (QED) is 0.496. The molecule has 0 aromatic heterocycles. The number of nitriles is 2. The number of nitrogens with zero attached hydrogens (tertiary/aromatic N) is 2. The van der Waals surface area contributed by atoms with Gasteiger partial charge in [0.2, 0.25) is 0 Å². The molecule has 0 aromatic rings. The maximum absolute atomic E-state index is 9.98. The first kappa shape index (κ1) is 13.1. The smallest absolute Gasteiger partial charge is 0.317 e. The predicted octanol–water partition coefficient (Wildman–Crippen LogP) is -1.000. The van der Waals surface area contributed by atoms with E-state index in [4.69, 9.17) is 15.2 Å². The summed E-state index contributed by atoms with van der Waals surface area (Å²) in [4.78, 5) is 2.96. The van der Waals surface area contributed by atoms with Gasteiger partial charge in [0.25, 0.3) is 5.84 Å². The van der Waals surface area contributed by atoms with Crippen LogP contribution >= 0.6 is 0 Å². The fourth-order valence-corrected chi connectivity index (χ4v) is 4.40. The van der Waals surface area contributed by atoms with E-state index in [-0.39, 0.29) is 17.7 Å². The van der Waals surface area contributed by atoms with Crippen LogP contribution in [0.3, 0.4) is 0 Å². The van der Waals surface area contributed by atoms with Gasteiger partial charge in [0.15, 0.2) is 10.8 Å². The Bertz CT molecular complexity index is 595. The highest BCUT2D eigenvalue weighted by Gasteiger charge is 2.83. The van der Waals surface area contributed by atoms with Crippen LogP contribution < -0.4 is 10.7 Å². The Morgan fingerprint density at radius 3 is 2.25 bits per heavy atom. The van der Waals surface area contributed by atoms with Crippen molar-refractivity contribution in [1.82, 2.24) is 0 Å². The van der Waals surface area contributed by atoms with Crippen molar-refractivity contribution < 1.29 is 14.5 Å². The Kier molecular flexibility index (Phi) is 2.50. The average Bonchev–Trinajstić information content (AvgIpc) is 2.76. The fourth-order valence-electron chi connectivity index (χ4n) is 4.40. The molecule has 4 rings (SSSR count). The van der Waals surface area contributed by atoms with Crippen LogP contribution in [0.2, 0.25) is 0 Å². The third kappa shape index (κ3) is 0.985. The Hall–Kier alpha value is -1.89. The molecule has 1 aliphatic heterocycles. The zero-order valence-electron chi connectivity index (χ0n) is 11.5. The number of hydrogen-bond donors (Lipinski definition) is 2. The first-order valence-electron chi connectivity index (χ1n) is 6.60. The summed E-state index contributed by atoms with van der Waals surface area (Å²) in [5.41, 5.74) is 3.85. The van der Waals surface area contributed by atoms with Crippen LogP contribution in [-0.4, -0.2) is 26.0 Å². The van der Waals surface area contributed by atoms with E-state index in [2.05, 4.69) is 17.1 Å². The Morgan fingerprint density at radius 1 is 1.20 bits per heavy atom. The molecule has 1 fully saturated rings. The van der Waals surface area contributed by atoms with Crippen molar-refractivity contribution in [3.05, 3.63) is 12.2 Å². The van der Waals surface area contributed by atoms with Crippen LogP contribution in [0, 0.1) is 45.3 Å². The maximum atomic E-state index is 9.98. The van der Waals surface area contributed by atoms with Gasteiger partial charge in [-0.25, -0.2) is 4.99 Å². The molecule has 4 aliphatic rings. The normalized spacial score (nSPS) is 43.5. The molecule has 4 atom stereocenters. The van der Waals surface area contributed by atoms with Crippen molar-refractivity contribution in [2.45, 2.75) is 18.8 Å². The molecule has 1 saturated carbocycles. The Morgan fingerprint density at radius 2 is 1.80 bits per heavy atom. The molecule has 1 heterocycles. The maximum Gasteiger partial charge on any atom is 0.342 e. The molecule has 20 heavy (non-hydrogen) atoms. The van der Waals surface area contributed by atoms with Gasteiger partial charge < -0.3 is 9.47 Å². The Labute approximate surface area is 117 Å². The van der Waals surface area contributed by atoms with E-state index in [0.717, 1.165) is 12.8 Å². The van der Waals surface area contributed by atoms with Crippen LogP contribution in [0.1, 0.15) is 12.8 Å². The summed E-state index contributed by atoms with van der Waals surface area (Å²) in [5, 5.41) is 19.9. The number of fused-ring (bicyclic) bond motifs is 1. The number of nitrogens with two attached hydrogens (primary N) is 1. The number of ether oxygens (including phenoxy) is 2. The van der Waals surface area contributed by atoms with Crippen molar-refractivity contribution in [2.24, 2.45) is 28.4 Å². The van der Waals surface area contributed by atoms with E-state index in [1.54, 1.807) is 0 Å². The summed E-state index contributed by atoms with van der Waals surface area (Å²) in [6.07, 6.45) is 5.66. The van der Waals surface area contributed by atoms with Gasteiger partial charge in [-0.05, 0) is 12.8 Å². The number of methoxy groups -OCH3 is 2. The summed E-state index contributed by atoms with van der Waals surface area (Å²) in [5.74, 6) is -1.36. The molecule has 3 aliphatic carbocycles. The molecular formula is C14H17N4O2+. The summed E-state index contributed by atoms with van der Waals surface area (Å²) in [6.45, 7) is 0. The van der Waals surface area contributed by atoms with E-state index in [9.17, 15) is 10.5 Å². The van der Waals surface area contributed by atoms with Gasteiger partial charge in [0, 0.05) is 26.1 Å². The minimum Gasteiger partial charge on any atom is -0.317 e. The highest BCUT2D eigenvalue weighted by atomic mass is 16.7. The second-order valence-electron chi connectivity index (χ2n) is 5.58. The van der Waals surface area contributed by atoms with Gasteiger partial charge in [-0.1, -0.05) is 12.2 Å². The van der Waals surface area contributed by atoms with Crippen molar-refractivity contribution in [2.75, 3.05) is 14.2 Å². The van der Waals surface area contributed by atoms with Gasteiger partial charge in [-0.3, -0.25) is 5.73 Å². The van der Waals surface area contributed by atoms with Crippen LogP contribution in [0.4, 0.5) is 0 Å². The first-order chi connectivity index (χ1) is 9.58. The molecule has 0 aromatic carbocycles. The standard InChI is InChI=1S/C14H16N4O2/c1-19-14(20-2)13(8-16)10-5-3-9(4-6-10)12(13,7-15)11(17)18-14/h3,5,9-10H,4,6H2,1-2H3,(H2,17,18)/p+1/t9-,10+,12+,13-/m0/s1. The molecular weight excluding hydrogens is 256 g/mol. The second-order valence-corrected chi connectivity index (χ2v) is 5.58. The highest BCUT2D eigenvalue weighted by Crippen LogP contribution is 2.64. The number of rotatable bonds is 2. The number of allylic oxidation sites excluding steroid dienone is 2. The van der Waals surface area contributed by atoms with Crippen molar-refractivity contribution in [3.63, 3.8) is 0 Å². The molecule has 6 heteroatoms. The van der Waals surface area contributed by atoms with E-state index in [1.165, 1.54) is 14.2 Å². The van der Waals surface area contributed by atoms with Gasteiger partial charge in [-0.2, -0.15) is 10.5 Å². The molecule has 0 radical (unpaired) electrons. The topological polar surface area (TPSA) is 106 Å². The molecule has 0 saturated heterocycles. The molecule has 2 bridgehead atoms. The fraction of sp³-hybridized carbons (Fsp3) is 0.643. The third-order valence-electron chi connectivity index (χ3n) is 5.27. The average molecular weight is 273 g/mol. The largest absolute Gasteiger partial charge is 0.342 e. The number of nitrogens with one attached hydrogen (secondary N) is 1. The minimum atomic E-state index is -1.39. The monoisotopic (exact) mass is 273 g/mol. The Balaban J connectivity index is 2.37. The van der Waals surface area contributed by atoms with E-state index >= 15 is 0 Å². The molecule has 3 N–H and O–H groups in total. The molecule has 0 amide bonds. The van der Waals surface area contributed by atoms with Gasteiger partial charge in [0.05, 0.1) is 12.1 Å². The van der Waals surface area contributed by atoms with Crippen molar-refractivity contribution >= 4 is 5.84 Å². The van der Waals surface area contributed by atoms with E-state index in [0.29, 0.717) is 0 Å². The van der Waals surface area contributed by atoms with E-state index in [1.807, 2.05) is 12.2 Å². The lowest BCUT2D eigenvalue weighted by Crippen LogP contribution is -2.90. The summed E-state index contributed by atoms with van der Waals surface area (Å²) < 4.78 is 11.0. The van der Waals surface area contributed by atoms with Gasteiger partial charge >= 0.3 is 5.91 Å². The SMILES string of the molecule is COC1(OC)[NH+]=C(N)[C@@]2(C#N)[C@H]3C=C[C@H](CC3)[C@]12C#N. The first-order valence-corrected chi connectivity index (χ1v) is 6.60. The summed E-state index contributed by atoms with van der Waals surface area (Å²) in [7, 11) is 2.92. The number of amidine groups is 1. The molecule has 6 nitrogen and oxygen atoms in total. The van der Waals surface area contributed by atoms with Crippen LogP contribution in [0.15, 0.2) is 12.2 Å². The van der Waals surface area contributed by atoms with Crippen LogP contribution in [0.5, 0.6) is 0 Å². The van der Waals surface area contributed by atoms with E-state index < -0.39 is 16.7 Å². The molecule has 0 unspecified atom stereocenters. The van der Waals surface area contributed by atoms with Crippen molar-refractivity contribution in [1.29, 1.82) is 10.5 Å². The lowest BCUT2D eigenvalue weighted by Gasteiger charge is -2.52. The zero-order chi connectivity index (χ0) is 14.6. The lowest BCUT2D eigenvalue weighted by molar-refractivity contribution is -0.693. The minimum absolute atomic E-state index is 0.100. The van der Waals surface area contributed by atoms with Crippen LogP contribution in [-0.2, 0) is 9.47 Å². The zero-order valence-corrected chi connectivity index (χ0v) is 11.5. The van der Waals surface area contributed by atoms with Crippen LogP contribution in [0.25, 0.3) is 0 Å².